The number of benzene rings is 1. The van der Waals surface area contributed by atoms with E-state index in [1.807, 2.05) is 31.2 Å². The maximum atomic E-state index is 12.1. The number of aromatic amines is 1. The van der Waals surface area contributed by atoms with Crippen molar-refractivity contribution in [1.29, 1.82) is 0 Å². The highest BCUT2D eigenvalue weighted by molar-refractivity contribution is 14.1. The summed E-state index contributed by atoms with van der Waals surface area (Å²) in [4.78, 5) is 12.1. The topological polar surface area (TPSA) is 57.8 Å². The number of carbonyl (C=O) groups is 1. The van der Waals surface area contributed by atoms with E-state index in [1.54, 1.807) is 0 Å². The molecule has 0 aliphatic heterocycles. The molecule has 2 N–H and O–H groups in total. The Kier molecular flexibility index (Phi) is 3.30. The van der Waals surface area contributed by atoms with E-state index in [0.29, 0.717) is 11.6 Å². The van der Waals surface area contributed by atoms with E-state index in [0.717, 1.165) is 20.5 Å². The van der Waals surface area contributed by atoms with Gasteiger partial charge in [-0.2, -0.15) is 5.10 Å². The number of hydrogen-bond acceptors (Lipinski definition) is 2. The van der Waals surface area contributed by atoms with Gasteiger partial charge in [-0.3, -0.25) is 9.89 Å². The first-order valence-electron chi connectivity index (χ1n) is 6.26. The van der Waals surface area contributed by atoms with E-state index < -0.39 is 0 Å². The first-order valence-corrected chi connectivity index (χ1v) is 7.34. The summed E-state index contributed by atoms with van der Waals surface area (Å²) >= 11 is 2.25. The highest BCUT2D eigenvalue weighted by Crippen LogP contribution is 2.39. The van der Waals surface area contributed by atoms with Crippen LogP contribution in [0.15, 0.2) is 24.3 Å². The molecule has 1 saturated carbocycles. The van der Waals surface area contributed by atoms with Crippen molar-refractivity contribution in [2.75, 3.05) is 5.32 Å². The second-order valence-corrected chi connectivity index (χ2v) is 6.14. The number of H-pyrrole nitrogens is 1. The lowest BCUT2D eigenvalue weighted by Crippen LogP contribution is -2.13. The molecule has 0 spiro atoms. The average molecular weight is 367 g/mol. The molecule has 1 aromatic heterocycles. The summed E-state index contributed by atoms with van der Waals surface area (Å²) in [6, 6.07) is 7.79. The quantitative estimate of drug-likeness (QED) is 0.817. The molecule has 1 aliphatic carbocycles. The van der Waals surface area contributed by atoms with E-state index in [1.165, 1.54) is 12.8 Å². The van der Waals surface area contributed by atoms with Crippen LogP contribution in [0.4, 0.5) is 5.69 Å². The molecule has 1 heterocycles. The van der Waals surface area contributed by atoms with Crippen LogP contribution in [0.1, 0.15) is 40.5 Å². The smallest absolute Gasteiger partial charge is 0.276 e. The minimum absolute atomic E-state index is 0.160. The Morgan fingerprint density at radius 2 is 2.21 bits per heavy atom. The molecular weight excluding hydrogens is 353 g/mol. The molecule has 0 atom stereocenters. The molecule has 2 aromatic rings. The van der Waals surface area contributed by atoms with Gasteiger partial charge in [-0.15, -0.1) is 0 Å². The lowest BCUT2D eigenvalue weighted by atomic mass is 10.2. The van der Waals surface area contributed by atoms with Gasteiger partial charge in [0, 0.05) is 20.9 Å². The molecule has 1 fully saturated rings. The van der Waals surface area contributed by atoms with Gasteiger partial charge in [0.05, 0.1) is 0 Å². The normalized spacial score (nSPS) is 14.4. The average Bonchev–Trinajstić information content (AvgIpc) is 3.10. The number of nitrogens with zero attached hydrogens (tertiary/aromatic N) is 1. The number of rotatable bonds is 3. The van der Waals surface area contributed by atoms with Crippen LogP contribution < -0.4 is 5.32 Å². The number of hydrogen-bond donors (Lipinski definition) is 2. The molecule has 0 bridgehead atoms. The van der Waals surface area contributed by atoms with Crippen molar-refractivity contribution in [2.24, 2.45) is 0 Å². The van der Waals surface area contributed by atoms with Crippen molar-refractivity contribution >= 4 is 34.2 Å². The van der Waals surface area contributed by atoms with E-state index in [-0.39, 0.29) is 5.91 Å². The van der Waals surface area contributed by atoms with E-state index in [9.17, 15) is 4.79 Å². The van der Waals surface area contributed by atoms with Crippen LogP contribution in [0.2, 0.25) is 0 Å². The van der Waals surface area contributed by atoms with Crippen molar-refractivity contribution in [3.63, 3.8) is 0 Å². The van der Waals surface area contributed by atoms with Crippen molar-refractivity contribution in [2.45, 2.75) is 25.7 Å². The van der Waals surface area contributed by atoms with Crippen LogP contribution in [-0.2, 0) is 0 Å². The van der Waals surface area contributed by atoms with Gasteiger partial charge in [-0.25, -0.2) is 0 Å². The number of aryl methyl sites for hydroxylation is 1. The summed E-state index contributed by atoms with van der Waals surface area (Å²) in [7, 11) is 0. The van der Waals surface area contributed by atoms with Gasteiger partial charge < -0.3 is 5.32 Å². The number of halogens is 1. The molecule has 0 saturated heterocycles. The van der Waals surface area contributed by atoms with Gasteiger partial charge in [-0.1, -0.05) is 0 Å². The van der Waals surface area contributed by atoms with Crippen LogP contribution in [0.3, 0.4) is 0 Å². The summed E-state index contributed by atoms with van der Waals surface area (Å²) in [6.45, 7) is 1.98. The molecule has 3 rings (SSSR count). The zero-order valence-corrected chi connectivity index (χ0v) is 12.7. The summed E-state index contributed by atoms with van der Waals surface area (Å²) < 4.78 is 1.16. The fourth-order valence-corrected chi connectivity index (χ4v) is 2.66. The first kappa shape index (κ1) is 12.7. The van der Waals surface area contributed by atoms with Crippen molar-refractivity contribution in [3.8, 4) is 0 Å². The second-order valence-electron chi connectivity index (χ2n) is 4.90. The molecule has 0 unspecified atom stereocenters. The molecule has 5 heteroatoms. The van der Waals surface area contributed by atoms with Gasteiger partial charge in [0.15, 0.2) is 5.69 Å². The van der Waals surface area contributed by atoms with Gasteiger partial charge in [0.2, 0.25) is 0 Å². The highest BCUT2D eigenvalue weighted by Gasteiger charge is 2.26. The Bertz CT molecular complexity index is 631. The Balaban J connectivity index is 1.76. The third kappa shape index (κ3) is 2.80. The van der Waals surface area contributed by atoms with Crippen LogP contribution in [0, 0.1) is 10.5 Å². The molecule has 4 nitrogen and oxygen atoms in total. The highest BCUT2D eigenvalue weighted by atomic mass is 127. The van der Waals surface area contributed by atoms with Crippen molar-refractivity contribution in [1.82, 2.24) is 10.2 Å². The number of anilines is 1. The Morgan fingerprint density at radius 3 is 2.89 bits per heavy atom. The third-order valence-corrected chi connectivity index (χ3v) is 3.96. The number of carbonyl (C=O) groups excluding carboxylic acids is 1. The van der Waals surface area contributed by atoms with Gasteiger partial charge in [0.25, 0.3) is 5.91 Å². The summed E-state index contributed by atoms with van der Waals surface area (Å²) in [6.07, 6.45) is 2.39. The minimum atomic E-state index is -0.160. The van der Waals surface area contributed by atoms with E-state index in [2.05, 4.69) is 38.1 Å². The van der Waals surface area contributed by atoms with E-state index >= 15 is 0 Å². The first-order chi connectivity index (χ1) is 9.13. The van der Waals surface area contributed by atoms with Crippen LogP contribution in [0.25, 0.3) is 0 Å². The Morgan fingerprint density at radius 1 is 1.42 bits per heavy atom. The SMILES string of the molecule is Cc1cc(I)ccc1NC(=O)c1cc(C2CC2)[nH]n1. The zero-order valence-electron chi connectivity index (χ0n) is 10.5. The Hall–Kier alpha value is -1.37. The lowest BCUT2D eigenvalue weighted by molar-refractivity contribution is 0.102. The van der Waals surface area contributed by atoms with Crippen molar-refractivity contribution < 1.29 is 4.79 Å². The van der Waals surface area contributed by atoms with Gasteiger partial charge in [-0.05, 0) is 72.2 Å². The third-order valence-electron chi connectivity index (χ3n) is 3.28. The molecule has 19 heavy (non-hydrogen) atoms. The zero-order chi connectivity index (χ0) is 13.4. The minimum Gasteiger partial charge on any atom is -0.320 e. The lowest BCUT2D eigenvalue weighted by Gasteiger charge is -2.07. The molecule has 0 radical (unpaired) electrons. The standard InChI is InChI=1S/C14H14IN3O/c1-8-6-10(15)4-5-11(8)16-14(19)13-7-12(17-18-13)9-2-3-9/h4-7,9H,2-3H2,1H3,(H,16,19)(H,17,18). The molecule has 98 valence electrons. The largest absolute Gasteiger partial charge is 0.320 e. The summed E-state index contributed by atoms with van der Waals surface area (Å²) in [5.41, 5.74) is 3.42. The summed E-state index contributed by atoms with van der Waals surface area (Å²) in [5.74, 6) is 0.418. The maximum absolute atomic E-state index is 12.1. The fourth-order valence-electron chi connectivity index (χ4n) is 2.01. The van der Waals surface area contributed by atoms with Crippen LogP contribution in [-0.4, -0.2) is 16.1 Å². The molecule has 1 amide bonds. The van der Waals surface area contributed by atoms with Crippen LogP contribution in [0.5, 0.6) is 0 Å². The molecule has 1 aliphatic rings. The predicted molar refractivity (Wildman–Crippen MR) is 82.4 cm³/mol. The molecular formula is C14H14IN3O. The van der Waals surface area contributed by atoms with Gasteiger partial charge >= 0.3 is 0 Å². The maximum Gasteiger partial charge on any atom is 0.276 e. The van der Waals surface area contributed by atoms with Gasteiger partial charge in [0.1, 0.15) is 0 Å². The fraction of sp³-hybridized carbons (Fsp3) is 0.286. The van der Waals surface area contributed by atoms with Crippen molar-refractivity contribution in [3.05, 3.63) is 44.8 Å². The van der Waals surface area contributed by atoms with Crippen LogP contribution >= 0.6 is 22.6 Å². The molecule has 1 aromatic carbocycles. The predicted octanol–water partition coefficient (Wildman–Crippen LogP) is 3.45. The second kappa shape index (κ2) is 4.96. The van der Waals surface area contributed by atoms with E-state index in [4.69, 9.17) is 0 Å². The summed E-state index contributed by atoms with van der Waals surface area (Å²) in [5, 5.41) is 9.93. The monoisotopic (exact) mass is 367 g/mol. The number of nitrogens with one attached hydrogen (secondary N) is 2. The number of amides is 1. The number of aromatic nitrogens is 2. The Labute approximate surface area is 125 Å².